The average molecular weight is 361 g/mol. The van der Waals surface area contributed by atoms with E-state index in [0.717, 1.165) is 47.8 Å². The Morgan fingerprint density at radius 3 is 2.40 bits per heavy atom. The quantitative estimate of drug-likeness (QED) is 0.900. The average Bonchev–Trinajstić information content (AvgIpc) is 3.00. The molecule has 2 heterocycles. The van der Waals surface area contributed by atoms with Gasteiger partial charge in [-0.15, -0.1) is 0 Å². The minimum atomic E-state index is 0.0961. The van der Waals surface area contributed by atoms with Crippen LogP contribution in [0.2, 0.25) is 0 Å². The molecule has 5 nitrogen and oxygen atoms in total. The molecule has 4 bridgehead atoms. The molecule has 1 amide bonds. The molecule has 0 unspecified atom stereocenters. The van der Waals surface area contributed by atoms with Crippen LogP contribution in [0, 0.1) is 23.7 Å². The molecule has 1 aliphatic heterocycles. The van der Waals surface area contributed by atoms with E-state index in [-0.39, 0.29) is 5.91 Å². The number of carbonyl (C=O) groups is 1. The normalized spacial score (nSPS) is 36.7. The Morgan fingerprint density at radius 1 is 1.12 bits per heavy atom. The molecule has 1 saturated heterocycles. The highest BCUT2D eigenvalue weighted by molar-refractivity contribution is 7.99. The number of thioether (sulfide) groups is 1. The van der Waals surface area contributed by atoms with Crippen molar-refractivity contribution in [3.63, 3.8) is 0 Å². The summed E-state index contributed by atoms with van der Waals surface area (Å²) in [6.07, 6.45) is 8.56. The summed E-state index contributed by atoms with van der Waals surface area (Å²) in [6.45, 7) is 2.00. The zero-order valence-electron chi connectivity index (χ0n) is 15.0. The summed E-state index contributed by atoms with van der Waals surface area (Å²) in [7, 11) is 1.96. The van der Waals surface area contributed by atoms with Crippen molar-refractivity contribution in [1.82, 2.24) is 15.1 Å². The van der Waals surface area contributed by atoms with Gasteiger partial charge in [-0.2, -0.15) is 16.9 Å². The Labute approximate surface area is 153 Å². The Balaban J connectivity index is 1.35. The number of carbonyl (C=O) groups excluding carboxylic acids is 1. The minimum absolute atomic E-state index is 0.0961. The first-order valence-electron chi connectivity index (χ1n) is 9.84. The van der Waals surface area contributed by atoms with Gasteiger partial charge in [0.1, 0.15) is 11.4 Å². The van der Waals surface area contributed by atoms with Gasteiger partial charge in [-0.3, -0.25) is 9.48 Å². The highest BCUT2D eigenvalue weighted by Crippen LogP contribution is 2.53. The van der Waals surface area contributed by atoms with E-state index in [1.165, 1.54) is 32.1 Å². The zero-order valence-corrected chi connectivity index (χ0v) is 15.8. The largest absolute Gasteiger partial charge is 0.355 e. The number of amides is 1. The van der Waals surface area contributed by atoms with Gasteiger partial charge in [-0.05, 0) is 55.8 Å². The topological polar surface area (TPSA) is 50.2 Å². The van der Waals surface area contributed by atoms with Crippen LogP contribution in [0.5, 0.6) is 0 Å². The fourth-order valence-corrected chi connectivity index (χ4v) is 7.03. The van der Waals surface area contributed by atoms with E-state index in [1.54, 1.807) is 6.20 Å². The SMILES string of the molecule is Cn1ncc(C(=O)NC2C3CC4CC(C3)CC2C4)c1N1CCSCC1. The summed E-state index contributed by atoms with van der Waals surface area (Å²) in [5, 5.41) is 7.85. The lowest BCUT2D eigenvalue weighted by molar-refractivity contribution is -0.0119. The molecule has 4 saturated carbocycles. The number of aromatic nitrogens is 2. The monoisotopic (exact) mass is 360 g/mol. The second-order valence-corrected chi connectivity index (χ2v) is 9.76. The highest BCUT2D eigenvalue weighted by Gasteiger charge is 2.48. The molecule has 5 aliphatic rings. The second-order valence-electron chi connectivity index (χ2n) is 8.53. The third kappa shape index (κ3) is 2.77. The van der Waals surface area contributed by atoms with Gasteiger partial charge in [0.05, 0.1) is 6.20 Å². The molecule has 0 atom stereocenters. The van der Waals surface area contributed by atoms with Crippen LogP contribution in [0.25, 0.3) is 0 Å². The lowest BCUT2D eigenvalue weighted by Gasteiger charge is -2.54. The van der Waals surface area contributed by atoms with E-state index in [0.29, 0.717) is 17.9 Å². The van der Waals surface area contributed by atoms with Crippen molar-refractivity contribution >= 4 is 23.5 Å². The summed E-state index contributed by atoms with van der Waals surface area (Å²) in [4.78, 5) is 15.4. The maximum Gasteiger partial charge on any atom is 0.256 e. The molecule has 4 aliphatic carbocycles. The van der Waals surface area contributed by atoms with Gasteiger partial charge in [-0.25, -0.2) is 0 Å². The molecule has 0 radical (unpaired) electrons. The predicted molar refractivity (Wildman–Crippen MR) is 101 cm³/mol. The van der Waals surface area contributed by atoms with E-state index >= 15 is 0 Å². The van der Waals surface area contributed by atoms with Gasteiger partial charge in [0.15, 0.2) is 0 Å². The van der Waals surface area contributed by atoms with Crippen molar-refractivity contribution < 1.29 is 4.79 Å². The molecule has 136 valence electrons. The first kappa shape index (κ1) is 16.0. The highest BCUT2D eigenvalue weighted by atomic mass is 32.2. The van der Waals surface area contributed by atoms with Crippen LogP contribution in [0.4, 0.5) is 5.82 Å². The first-order chi connectivity index (χ1) is 12.2. The molecule has 6 heteroatoms. The minimum Gasteiger partial charge on any atom is -0.355 e. The van der Waals surface area contributed by atoms with Gasteiger partial charge in [0, 0.05) is 37.7 Å². The molecular weight excluding hydrogens is 332 g/mol. The smallest absolute Gasteiger partial charge is 0.256 e. The lowest BCUT2D eigenvalue weighted by Crippen LogP contribution is -2.55. The number of aryl methyl sites for hydroxylation is 1. The molecule has 0 spiro atoms. The number of hydrogen-bond acceptors (Lipinski definition) is 4. The van der Waals surface area contributed by atoms with Crippen molar-refractivity contribution in [3.8, 4) is 0 Å². The number of anilines is 1. The third-order valence-electron chi connectivity index (χ3n) is 6.99. The Hall–Kier alpha value is -1.17. The standard InChI is InChI=1S/C19H28N4OS/c1-22-19(23-2-4-25-5-3-23)16(11-20-22)18(24)21-17-14-7-12-6-13(9-14)10-15(17)8-12/h11-15,17H,2-10H2,1H3,(H,21,24). The van der Waals surface area contributed by atoms with Crippen LogP contribution < -0.4 is 10.2 Å². The maximum absolute atomic E-state index is 13.1. The molecule has 1 aromatic rings. The number of nitrogens with zero attached hydrogens (tertiary/aromatic N) is 3. The molecule has 25 heavy (non-hydrogen) atoms. The van der Waals surface area contributed by atoms with E-state index in [1.807, 2.05) is 23.5 Å². The molecule has 1 aromatic heterocycles. The third-order valence-corrected chi connectivity index (χ3v) is 7.93. The summed E-state index contributed by atoms with van der Waals surface area (Å²) in [5.74, 6) is 6.66. The van der Waals surface area contributed by atoms with E-state index in [2.05, 4.69) is 15.3 Å². The van der Waals surface area contributed by atoms with Crippen LogP contribution >= 0.6 is 11.8 Å². The number of rotatable bonds is 3. The lowest BCUT2D eigenvalue weighted by atomic mass is 9.54. The van der Waals surface area contributed by atoms with Gasteiger partial charge in [0.25, 0.3) is 5.91 Å². The van der Waals surface area contributed by atoms with Crippen LogP contribution in [-0.2, 0) is 7.05 Å². The molecule has 1 N–H and O–H groups in total. The Bertz CT molecular complexity index is 638. The molecule has 0 aromatic carbocycles. The van der Waals surface area contributed by atoms with Crippen LogP contribution in [0.3, 0.4) is 0 Å². The number of nitrogens with one attached hydrogen (secondary N) is 1. The van der Waals surface area contributed by atoms with Gasteiger partial charge in [-0.1, -0.05) is 0 Å². The predicted octanol–water partition coefficient (Wildman–Crippen LogP) is 2.53. The van der Waals surface area contributed by atoms with Crippen LogP contribution in [0.15, 0.2) is 6.20 Å². The van der Waals surface area contributed by atoms with Gasteiger partial charge in [0.2, 0.25) is 0 Å². The molecular formula is C19H28N4OS. The summed E-state index contributed by atoms with van der Waals surface area (Å²) in [5.41, 5.74) is 0.767. The Kier molecular flexibility index (Phi) is 3.99. The second kappa shape index (κ2) is 6.22. The van der Waals surface area contributed by atoms with Gasteiger partial charge < -0.3 is 10.2 Å². The zero-order chi connectivity index (χ0) is 17.0. The fourth-order valence-electron chi connectivity index (χ4n) is 6.13. The van der Waals surface area contributed by atoms with Crippen molar-refractivity contribution in [3.05, 3.63) is 11.8 Å². The summed E-state index contributed by atoms with van der Waals surface area (Å²) < 4.78 is 1.88. The number of hydrogen-bond donors (Lipinski definition) is 1. The van der Waals surface area contributed by atoms with E-state index in [4.69, 9.17) is 0 Å². The van der Waals surface area contributed by atoms with Crippen molar-refractivity contribution in [2.24, 2.45) is 30.7 Å². The van der Waals surface area contributed by atoms with E-state index in [9.17, 15) is 4.79 Å². The van der Waals surface area contributed by atoms with Gasteiger partial charge >= 0.3 is 0 Å². The van der Waals surface area contributed by atoms with Crippen molar-refractivity contribution in [1.29, 1.82) is 0 Å². The van der Waals surface area contributed by atoms with E-state index < -0.39 is 0 Å². The molecule has 6 rings (SSSR count). The van der Waals surface area contributed by atoms with Crippen molar-refractivity contribution in [2.45, 2.75) is 38.1 Å². The Morgan fingerprint density at radius 2 is 1.76 bits per heavy atom. The summed E-state index contributed by atoms with van der Waals surface area (Å²) in [6, 6.07) is 0.394. The summed E-state index contributed by atoms with van der Waals surface area (Å²) >= 11 is 1.99. The molecule has 5 fully saturated rings. The first-order valence-corrected chi connectivity index (χ1v) is 11.0. The maximum atomic E-state index is 13.1. The van der Waals surface area contributed by atoms with Crippen molar-refractivity contribution in [2.75, 3.05) is 29.5 Å². The van der Waals surface area contributed by atoms with Crippen LogP contribution in [0.1, 0.15) is 42.5 Å². The van der Waals surface area contributed by atoms with Crippen LogP contribution in [-0.4, -0.2) is 46.3 Å². The fraction of sp³-hybridized carbons (Fsp3) is 0.789.